The van der Waals surface area contributed by atoms with E-state index in [-0.39, 0.29) is 4.92 Å². The number of nitrogens with zero attached hydrogens (tertiary/aromatic N) is 1. The second-order valence-corrected chi connectivity index (χ2v) is 4.41. The summed E-state index contributed by atoms with van der Waals surface area (Å²) >= 11 is 5.93. The zero-order valence-electron chi connectivity index (χ0n) is 9.71. The molecule has 0 fully saturated rings. The minimum Gasteiger partial charge on any atom is -0.358 e. The molecule has 1 aromatic carbocycles. The van der Waals surface area contributed by atoms with Crippen molar-refractivity contribution in [2.75, 3.05) is 0 Å². The van der Waals surface area contributed by atoms with Crippen molar-refractivity contribution in [1.29, 1.82) is 0 Å². The molecule has 1 rings (SSSR count). The lowest BCUT2D eigenvalue weighted by Crippen LogP contribution is -2.17. The van der Waals surface area contributed by atoms with Crippen LogP contribution >= 0.6 is 11.6 Å². The van der Waals surface area contributed by atoms with Crippen LogP contribution in [0.4, 0.5) is 0 Å². The first kappa shape index (κ1) is 13.9. The minimum atomic E-state index is -0.573. The number of rotatable bonds is 7. The summed E-state index contributed by atoms with van der Waals surface area (Å²) in [6, 6.07) is 9.11. The predicted octanol–water partition coefficient (Wildman–Crippen LogP) is 3.21. The molecule has 0 saturated heterocycles. The summed E-state index contributed by atoms with van der Waals surface area (Å²) in [4.78, 5) is 10.1. The van der Waals surface area contributed by atoms with Crippen LogP contribution in [0.2, 0.25) is 0 Å². The van der Waals surface area contributed by atoms with Crippen LogP contribution in [0.25, 0.3) is 0 Å². The molecule has 0 aromatic heterocycles. The summed E-state index contributed by atoms with van der Waals surface area (Å²) < 4.78 is 5.40. The average Bonchev–Trinajstić information content (AvgIpc) is 2.34. The first-order chi connectivity index (χ1) is 8.09. The van der Waals surface area contributed by atoms with E-state index in [9.17, 15) is 10.1 Å². The number of ether oxygens (including phenoxy) is 1. The average molecular weight is 258 g/mol. The van der Waals surface area contributed by atoms with E-state index >= 15 is 0 Å². The third kappa shape index (κ3) is 5.65. The van der Waals surface area contributed by atoms with Crippen molar-refractivity contribution in [3.8, 4) is 0 Å². The van der Waals surface area contributed by atoms with Gasteiger partial charge in [-0.05, 0) is 12.0 Å². The van der Waals surface area contributed by atoms with Gasteiger partial charge in [-0.3, -0.25) is 10.1 Å². The van der Waals surface area contributed by atoms with Crippen LogP contribution in [-0.2, 0) is 11.3 Å². The fraction of sp³-hybridized carbons (Fsp3) is 0.500. The Balaban J connectivity index is 2.22. The molecule has 0 aliphatic carbocycles. The zero-order valence-corrected chi connectivity index (χ0v) is 10.5. The van der Waals surface area contributed by atoms with Gasteiger partial charge < -0.3 is 4.74 Å². The second kappa shape index (κ2) is 7.25. The van der Waals surface area contributed by atoms with Gasteiger partial charge in [0, 0.05) is 18.3 Å². The molecule has 0 aliphatic rings. The largest absolute Gasteiger partial charge is 0.358 e. The summed E-state index contributed by atoms with van der Waals surface area (Å²) in [7, 11) is 0. The number of halogens is 1. The third-order valence-corrected chi connectivity index (χ3v) is 2.79. The van der Waals surface area contributed by atoms with Gasteiger partial charge >= 0.3 is 0 Å². The Morgan fingerprint density at radius 2 is 2.00 bits per heavy atom. The van der Waals surface area contributed by atoms with Crippen LogP contribution < -0.4 is 0 Å². The molecule has 0 radical (unpaired) electrons. The SMILES string of the molecule is CC(CCC(Cl)OCc1ccccc1)[N+](=O)[O-]. The van der Waals surface area contributed by atoms with Crippen LogP contribution in [-0.4, -0.2) is 16.5 Å². The Morgan fingerprint density at radius 1 is 1.35 bits per heavy atom. The van der Waals surface area contributed by atoms with E-state index in [2.05, 4.69) is 0 Å². The Morgan fingerprint density at radius 3 is 2.59 bits per heavy atom. The highest BCUT2D eigenvalue weighted by molar-refractivity contribution is 6.19. The molecule has 4 nitrogen and oxygen atoms in total. The van der Waals surface area contributed by atoms with Crippen LogP contribution in [0.1, 0.15) is 25.3 Å². The molecule has 0 amide bonds. The summed E-state index contributed by atoms with van der Waals surface area (Å²) in [6.45, 7) is 2.00. The van der Waals surface area contributed by atoms with Gasteiger partial charge in [-0.25, -0.2) is 0 Å². The molecule has 0 spiro atoms. The summed E-state index contributed by atoms with van der Waals surface area (Å²) in [5.74, 6) is 0. The molecule has 0 N–H and O–H groups in total. The van der Waals surface area contributed by atoms with Crippen molar-refractivity contribution >= 4 is 11.6 Å². The van der Waals surface area contributed by atoms with Gasteiger partial charge in [-0.15, -0.1) is 0 Å². The zero-order chi connectivity index (χ0) is 12.7. The topological polar surface area (TPSA) is 52.4 Å². The lowest BCUT2D eigenvalue weighted by atomic mass is 10.2. The molecule has 0 bridgehead atoms. The van der Waals surface area contributed by atoms with Gasteiger partial charge in [-0.1, -0.05) is 41.9 Å². The number of hydrogen-bond donors (Lipinski definition) is 0. The van der Waals surface area contributed by atoms with E-state index in [1.54, 1.807) is 6.92 Å². The Labute approximate surface area is 106 Å². The Kier molecular flexibility index (Phi) is 5.94. The van der Waals surface area contributed by atoms with Crippen molar-refractivity contribution in [3.63, 3.8) is 0 Å². The second-order valence-electron chi connectivity index (χ2n) is 3.92. The normalized spacial score (nSPS) is 14.2. The van der Waals surface area contributed by atoms with Gasteiger partial charge in [0.2, 0.25) is 6.04 Å². The van der Waals surface area contributed by atoms with Crippen LogP contribution in [0.5, 0.6) is 0 Å². The lowest BCUT2D eigenvalue weighted by Gasteiger charge is -2.11. The molecular weight excluding hydrogens is 242 g/mol. The first-order valence-electron chi connectivity index (χ1n) is 5.52. The van der Waals surface area contributed by atoms with E-state index in [4.69, 9.17) is 16.3 Å². The molecule has 2 atom stereocenters. The Hall–Kier alpha value is -1.13. The maximum atomic E-state index is 10.4. The maximum absolute atomic E-state index is 10.4. The minimum absolute atomic E-state index is 0.305. The van der Waals surface area contributed by atoms with Crippen LogP contribution in [0.15, 0.2) is 30.3 Å². The fourth-order valence-electron chi connectivity index (χ4n) is 1.32. The Bertz CT molecular complexity index is 345. The van der Waals surface area contributed by atoms with E-state index in [1.165, 1.54) is 0 Å². The lowest BCUT2D eigenvalue weighted by molar-refractivity contribution is -0.519. The van der Waals surface area contributed by atoms with Gasteiger partial charge in [0.05, 0.1) is 6.61 Å². The predicted molar refractivity (Wildman–Crippen MR) is 66.6 cm³/mol. The highest BCUT2D eigenvalue weighted by atomic mass is 35.5. The van der Waals surface area contributed by atoms with Crippen LogP contribution in [0, 0.1) is 10.1 Å². The number of hydrogen-bond acceptors (Lipinski definition) is 3. The van der Waals surface area contributed by atoms with Crippen molar-refractivity contribution in [1.82, 2.24) is 0 Å². The van der Waals surface area contributed by atoms with E-state index in [1.807, 2.05) is 30.3 Å². The molecule has 0 aliphatic heterocycles. The first-order valence-corrected chi connectivity index (χ1v) is 5.96. The summed E-state index contributed by atoms with van der Waals surface area (Å²) in [5, 5.41) is 10.4. The molecule has 5 heteroatoms. The number of alkyl halides is 1. The molecule has 2 unspecified atom stereocenters. The fourth-order valence-corrected chi connectivity index (χ4v) is 1.51. The maximum Gasteiger partial charge on any atom is 0.210 e. The molecule has 0 heterocycles. The van der Waals surface area contributed by atoms with Gasteiger partial charge in [0.1, 0.15) is 5.56 Å². The van der Waals surface area contributed by atoms with Crippen LogP contribution in [0.3, 0.4) is 0 Å². The van der Waals surface area contributed by atoms with Gasteiger partial charge in [0.25, 0.3) is 0 Å². The smallest absolute Gasteiger partial charge is 0.210 e. The van der Waals surface area contributed by atoms with Gasteiger partial charge in [0.15, 0.2) is 0 Å². The van der Waals surface area contributed by atoms with Crippen molar-refractivity contribution in [3.05, 3.63) is 46.0 Å². The van der Waals surface area contributed by atoms with Crippen molar-refractivity contribution in [2.24, 2.45) is 0 Å². The highest BCUT2D eigenvalue weighted by Crippen LogP contribution is 2.13. The number of benzene rings is 1. The number of nitro groups is 1. The quantitative estimate of drug-likeness (QED) is 0.428. The van der Waals surface area contributed by atoms with E-state index < -0.39 is 11.6 Å². The van der Waals surface area contributed by atoms with E-state index in [0.29, 0.717) is 19.4 Å². The molecule has 94 valence electrons. The highest BCUT2D eigenvalue weighted by Gasteiger charge is 2.15. The molecule has 1 aromatic rings. The summed E-state index contributed by atoms with van der Waals surface area (Å²) in [6.07, 6.45) is 0.909. The standard InChI is InChI=1S/C12H16ClNO3/c1-10(14(15)16)7-8-12(13)17-9-11-5-3-2-4-6-11/h2-6,10,12H,7-9H2,1H3. The molecule has 0 saturated carbocycles. The molecular formula is C12H16ClNO3. The summed E-state index contributed by atoms with van der Waals surface area (Å²) in [5.41, 5.74) is 0.568. The van der Waals surface area contributed by atoms with Crippen molar-refractivity contribution < 1.29 is 9.66 Å². The monoisotopic (exact) mass is 257 g/mol. The molecule has 17 heavy (non-hydrogen) atoms. The van der Waals surface area contributed by atoms with E-state index in [0.717, 1.165) is 5.56 Å². The third-order valence-electron chi connectivity index (χ3n) is 2.44. The van der Waals surface area contributed by atoms with Crippen molar-refractivity contribution in [2.45, 2.75) is 38.0 Å². The van der Waals surface area contributed by atoms with Gasteiger partial charge in [-0.2, -0.15) is 0 Å².